The van der Waals surface area contributed by atoms with Gasteiger partial charge >= 0.3 is 6.03 Å². The highest BCUT2D eigenvalue weighted by Crippen LogP contribution is 2.27. The number of rotatable bonds is 3. The van der Waals surface area contributed by atoms with Gasteiger partial charge in [-0.3, -0.25) is 0 Å². The van der Waals surface area contributed by atoms with Gasteiger partial charge in [-0.05, 0) is 43.9 Å². The van der Waals surface area contributed by atoms with E-state index in [1.54, 1.807) is 0 Å². The second-order valence-electron chi connectivity index (χ2n) is 5.84. The molecule has 0 spiro atoms. The van der Waals surface area contributed by atoms with Crippen LogP contribution in [0.2, 0.25) is 0 Å². The van der Waals surface area contributed by atoms with Crippen LogP contribution in [0.15, 0.2) is 18.2 Å². The minimum absolute atomic E-state index is 0.252. The zero-order valence-electron chi connectivity index (χ0n) is 12.3. The summed E-state index contributed by atoms with van der Waals surface area (Å²) in [6, 6.07) is 5.57. The van der Waals surface area contributed by atoms with E-state index >= 15 is 0 Å². The Morgan fingerprint density at radius 3 is 2.65 bits per heavy atom. The average Bonchev–Trinajstić information content (AvgIpc) is 2.43. The summed E-state index contributed by atoms with van der Waals surface area (Å²) >= 11 is 0. The van der Waals surface area contributed by atoms with Crippen molar-refractivity contribution in [2.75, 3.05) is 11.9 Å². The molecule has 0 heterocycles. The number of hydrogen-bond acceptors (Lipinski definition) is 2. The molecule has 3 N–H and O–H groups in total. The molecule has 20 heavy (non-hydrogen) atoms. The first-order chi connectivity index (χ1) is 9.50. The largest absolute Gasteiger partial charge is 0.388 e. The molecule has 1 aromatic rings. The predicted molar refractivity (Wildman–Crippen MR) is 81.0 cm³/mol. The van der Waals surface area contributed by atoms with Gasteiger partial charge in [0.1, 0.15) is 0 Å². The Hall–Kier alpha value is -1.55. The van der Waals surface area contributed by atoms with Gasteiger partial charge in [-0.2, -0.15) is 0 Å². The highest BCUT2D eigenvalue weighted by atomic mass is 16.3. The molecule has 2 amide bonds. The van der Waals surface area contributed by atoms with Crippen LogP contribution in [-0.2, 0) is 0 Å². The molecule has 0 unspecified atom stereocenters. The number of benzene rings is 1. The van der Waals surface area contributed by atoms with Crippen molar-refractivity contribution >= 4 is 11.7 Å². The van der Waals surface area contributed by atoms with Crippen molar-refractivity contribution in [3.8, 4) is 0 Å². The van der Waals surface area contributed by atoms with Crippen molar-refractivity contribution < 1.29 is 9.90 Å². The minimum atomic E-state index is -0.725. The summed E-state index contributed by atoms with van der Waals surface area (Å²) in [7, 11) is 0. The molecule has 1 fully saturated rings. The number of aliphatic hydroxyl groups is 1. The minimum Gasteiger partial charge on any atom is -0.388 e. The van der Waals surface area contributed by atoms with Crippen LogP contribution >= 0.6 is 0 Å². The van der Waals surface area contributed by atoms with Gasteiger partial charge in [-0.15, -0.1) is 0 Å². The molecule has 0 aromatic heterocycles. The van der Waals surface area contributed by atoms with E-state index in [2.05, 4.69) is 10.6 Å². The number of amides is 2. The van der Waals surface area contributed by atoms with Crippen LogP contribution in [0.1, 0.15) is 43.2 Å². The normalized spacial score (nSPS) is 17.6. The lowest BCUT2D eigenvalue weighted by atomic mass is 9.85. The van der Waals surface area contributed by atoms with Crippen LogP contribution in [0, 0.1) is 13.8 Å². The van der Waals surface area contributed by atoms with Crippen LogP contribution in [0.5, 0.6) is 0 Å². The molecule has 1 aliphatic carbocycles. The van der Waals surface area contributed by atoms with Crippen LogP contribution < -0.4 is 10.6 Å². The van der Waals surface area contributed by atoms with Crippen LogP contribution in [0.3, 0.4) is 0 Å². The third-order valence-corrected chi connectivity index (χ3v) is 4.22. The fraction of sp³-hybridized carbons (Fsp3) is 0.562. The lowest BCUT2D eigenvalue weighted by Crippen LogP contribution is -2.45. The Morgan fingerprint density at radius 2 is 1.95 bits per heavy atom. The molecular formula is C16H24N2O2. The van der Waals surface area contributed by atoms with Crippen molar-refractivity contribution in [3.63, 3.8) is 0 Å². The Bertz CT molecular complexity index is 479. The van der Waals surface area contributed by atoms with Crippen LogP contribution in [0.25, 0.3) is 0 Å². The number of nitrogens with one attached hydrogen (secondary N) is 2. The summed E-state index contributed by atoms with van der Waals surface area (Å²) < 4.78 is 0. The summed E-state index contributed by atoms with van der Waals surface area (Å²) in [5, 5.41) is 16.0. The predicted octanol–water partition coefficient (Wildman–Crippen LogP) is 3.12. The van der Waals surface area contributed by atoms with Gasteiger partial charge < -0.3 is 15.7 Å². The number of hydrogen-bond donors (Lipinski definition) is 3. The van der Waals surface area contributed by atoms with Gasteiger partial charge in [0, 0.05) is 12.2 Å². The SMILES string of the molecule is Cc1cccc(NC(=O)NCC2(O)CCCCC2)c1C. The lowest BCUT2D eigenvalue weighted by Gasteiger charge is -2.32. The maximum atomic E-state index is 11.9. The highest BCUT2D eigenvalue weighted by Gasteiger charge is 2.29. The summed E-state index contributed by atoms with van der Waals surface area (Å²) in [6.45, 7) is 4.33. The van der Waals surface area contributed by atoms with Crippen molar-refractivity contribution in [1.29, 1.82) is 0 Å². The monoisotopic (exact) mass is 276 g/mol. The second kappa shape index (κ2) is 6.27. The fourth-order valence-corrected chi connectivity index (χ4v) is 2.68. The number of aryl methyl sites for hydroxylation is 1. The van der Waals surface area contributed by atoms with Crippen molar-refractivity contribution in [2.24, 2.45) is 0 Å². The summed E-state index contributed by atoms with van der Waals surface area (Å²) in [6.07, 6.45) is 4.80. The molecule has 110 valence electrons. The Balaban J connectivity index is 1.88. The second-order valence-corrected chi connectivity index (χ2v) is 5.84. The molecule has 0 saturated heterocycles. The van der Waals surface area contributed by atoms with Gasteiger partial charge in [-0.1, -0.05) is 31.4 Å². The average molecular weight is 276 g/mol. The van der Waals surface area contributed by atoms with E-state index in [1.807, 2.05) is 32.0 Å². The Labute approximate surface area is 120 Å². The third-order valence-electron chi connectivity index (χ3n) is 4.22. The summed E-state index contributed by atoms with van der Waals surface area (Å²) in [5.74, 6) is 0. The van der Waals surface area contributed by atoms with E-state index in [9.17, 15) is 9.90 Å². The van der Waals surface area contributed by atoms with Gasteiger partial charge in [0.2, 0.25) is 0 Å². The van der Waals surface area contributed by atoms with Crippen molar-refractivity contribution in [1.82, 2.24) is 5.32 Å². The first-order valence-electron chi connectivity index (χ1n) is 7.34. The van der Waals surface area contributed by atoms with E-state index < -0.39 is 5.60 Å². The lowest BCUT2D eigenvalue weighted by molar-refractivity contribution is 0.00755. The van der Waals surface area contributed by atoms with Gasteiger partial charge in [-0.25, -0.2) is 4.79 Å². The number of carbonyl (C=O) groups is 1. The number of carbonyl (C=O) groups excluding carboxylic acids is 1. The number of anilines is 1. The molecule has 0 aliphatic heterocycles. The number of urea groups is 1. The first kappa shape index (κ1) is 14.9. The maximum absolute atomic E-state index is 11.9. The van der Waals surface area contributed by atoms with Crippen molar-refractivity contribution in [2.45, 2.75) is 51.6 Å². The quantitative estimate of drug-likeness (QED) is 0.794. The van der Waals surface area contributed by atoms with E-state index in [4.69, 9.17) is 0 Å². The zero-order valence-corrected chi connectivity index (χ0v) is 12.3. The van der Waals surface area contributed by atoms with Gasteiger partial charge in [0.25, 0.3) is 0 Å². The van der Waals surface area contributed by atoms with Crippen LogP contribution in [0.4, 0.5) is 10.5 Å². The van der Waals surface area contributed by atoms with E-state index in [0.717, 1.165) is 42.5 Å². The first-order valence-corrected chi connectivity index (χ1v) is 7.34. The third kappa shape index (κ3) is 3.73. The highest BCUT2D eigenvalue weighted by molar-refractivity contribution is 5.90. The molecule has 4 nitrogen and oxygen atoms in total. The van der Waals surface area contributed by atoms with E-state index in [1.165, 1.54) is 6.42 Å². The molecule has 2 rings (SSSR count). The molecule has 4 heteroatoms. The molecule has 0 bridgehead atoms. The van der Waals surface area contributed by atoms with E-state index in [-0.39, 0.29) is 6.03 Å². The molecule has 0 radical (unpaired) electrons. The fourth-order valence-electron chi connectivity index (χ4n) is 2.68. The standard InChI is InChI=1S/C16H24N2O2/c1-12-7-6-8-14(13(12)2)18-15(19)17-11-16(20)9-4-3-5-10-16/h6-8,20H,3-5,9-11H2,1-2H3,(H2,17,18,19). The molecular weight excluding hydrogens is 252 g/mol. The summed E-state index contributed by atoms with van der Waals surface area (Å²) in [4.78, 5) is 11.9. The van der Waals surface area contributed by atoms with Crippen molar-refractivity contribution in [3.05, 3.63) is 29.3 Å². The molecule has 1 saturated carbocycles. The Kier molecular flexibility index (Phi) is 4.65. The molecule has 0 atom stereocenters. The van der Waals surface area contributed by atoms with Gasteiger partial charge in [0.05, 0.1) is 5.60 Å². The molecule has 1 aliphatic rings. The topological polar surface area (TPSA) is 61.4 Å². The molecule has 1 aromatic carbocycles. The van der Waals surface area contributed by atoms with E-state index in [0.29, 0.717) is 6.54 Å². The summed E-state index contributed by atoms with van der Waals surface area (Å²) in [5.41, 5.74) is 2.31. The van der Waals surface area contributed by atoms with Gasteiger partial charge in [0.15, 0.2) is 0 Å². The smallest absolute Gasteiger partial charge is 0.319 e. The Morgan fingerprint density at radius 1 is 1.25 bits per heavy atom. The maximum Gasteiger partial charge on any atom is 0.319 e. The van der Waals surface area contributed by atoms with Crippen LogP contribution in [-0.4, -0.2) is 23.3 Å². The zero-order chi connectivity index (χ0) is 14.6.